The van der Waals surface area contributed by atoms with Gasteiger partial charge in [0.2, 0.25) is 0 Å². The lowest BCUT2D eigenvalue weighted by atomic mass is 10.0. The van der Waals surface area contributed by atoms with E-state index in [0.717, 1.165) is 27.6 Å². The maximum atomic E-state index is 11.2. The summed E-state index contributed by atoms with van der Waals surface area (Å²) in [6, 6.07) is 17.1. The minimum Gasteiger partial charge on any atom is -0.478 e. The fraction of sp³-hybridized carbons (Fsp3) is 0. The molecule has 0 saturated carbocycles. The first kappa shape index (κ1) is 17.4. The van der Waals surface area contributed by atoms with Crippen LogP contribution in [0.4, 0.5) is 0 Å². The Bertz CT molecular complexity index is 1140. The molecule has 0 amide bonds. The van der Waals surface area contributed by atoms with E-state index in [1.807, 2.05) is 24.3 Å². The van der Waals surface area contributed by atoms with E-state index in [4.69, 9.17) is 0 Å². The highest BCUT2D eigenvalue weighted by Gasteiger charge is 2.09. The molecule has 6 nitrogen and oxygen atoms in total. The zero-order valence-corrected chi connectivity index (χ0v) is 14.5. The molecule has 0 aliphatic carbocycles. The summed E-state index contributed by atoms with van der Waals surface area (Å²) >= 11 is 0. The summed E-state index contributed by atoms with van der Waals surface area (Å²) in [6.07, 6.45) is 3.31. The highest BCUT2D eigenvalue weighted by atomic mass is 16.4. The molecule has 2 aromatic heterocycles. The van der Waals surface area contributed by atoms with Gasteiger partial charge in [-0.05, 0) is 47.5 Å². The Balaban J connectivity index is 1.79. The average Bonchev–Trinajstić information content (AvgIpc) is 2.73. The number of hydrogen-bond acceptors (Lipinski definition) is 4. The molecule has 0 unspecified atom stereocenters. The van der Waals surface area contributed by atoms with E-state index in [2.05, 4.69) is 9.97 Å². The van der Waals surface area contributed by atoms with E-state index in [9.17, 15) is 19.8 Å². The van der Waals surface area contributed by atoms with Crippen LogP contribution in [0.15, 0.2) is 73.1 Å². The van der Waals surface area contributed by atoms with Crippen molar-refractivity contribution < 1.29 is 19.8 Å². The number of fused-ring (bicyclic) bond motifs is 1. The Morgan fingerprint density at radius 2 is 1.11 bits per heavy atom. The van der Waals surface area contributed by atoms with Gasteiger partial charge >= 0.3 is 11.9 Å². The third-order valence-electron chi connectivity index (χ3n) is 4.42. The van der Waals surface area contributed by atoms with Gasteiger partial charge in [0, 0.05) is 28.9 Å². The van der Waals surface area contributed by atoms with E-state index in [1.54, 1.807) is 36.7 Å². The Kier molecular flexibility index (Phi) is 4.29. The monoisotopic (exact) mass is 370 g/mol. The predicted molar refractivity (Wildman–Crippen MR) is 104 cm³/mol. The van der Waals surface area contributed by atoms with Crippen LogP contribution in [-0.2, 0) is 0 Å². The van der Waals surface area contributed by atoms with Gasteiger partial charge in [-0.25, -0.2) is 19.6 Å². The molecule has 0 aliphatic heterocycles. The second-order valence-electron chi connectivity index (χ2n) is 6.27. The van der Waals surface area contributed by atoms with Crippen molar-refractivity contribution in [3.63, 3.8) is 0 Å². The van der Waals surface area contributed by atoms with Crippen LogP contribution >= 0.6 is 0 Å². The second-order valence-corrected chi connectivity index (χ2v) is 6.27. The Hall–Kier alpha value is -4.06. The quantitative estimate of drug-likeness (QED) is 0.554. The SMILES string of the molecule is O=C(O)c1cccc(-c2cnc3ncc(-c4cccc(C(=O)O)c4)cc3c2)c1. The minimum absolute atomic E-state index is 0.204. The third-order valence-corrected chi connectivity index (χ3v) is 4.42. The lowest BCUT2D eigenvalue weighted by Gasteiger charge is -2.07. The van der Waals surface area contributed by atoms with Crippen molar-refractivity contribution in [2.24, 2.45) is 0 Å². The van der Waals surface area contributed by atoms with Crippen molar-refractivity contribution in [3.05, 3.63) is 84.2 Å². The smallest absolute Gasteiger partial charge is 0.335 e. The number of benzene rings is 2. The van der Waals surface area contributed by atoms with E-state index < -0.39 is 11.9 Å². The van der Waals surface area contributed by atoms with Crippen molar-refractivity contribution in [1.82, 2.24) is 9.97 Å². The van der Waals surface area contributed by atoms with E-state index >= 15 is 0 Å². The van der Waals surface area contributed by atoms with Gasteiger partial charge in [0.25, 0.3) is 0 Å². The first-order chi connectivity index (χ1) is 13.5. The molecule has 4 rings (SSSR count). The number of hydrogen-bond donors (Lipinski definition) is 2. The van der Waals surface area contributed by atoms with Crippen molar-refractivity contribution in [2.45, 2.75) is 0 Å². The molecule has 136 valence electrons. The molecule has 0 radical (unpaired) electrons. The maximum Gasteiger partial charge on any atom is 0.335 e. The topological polar surface area (TPSA) is 100 Å². The van der Waals surface area contributed by atoms with Crippen molar-refractivity contribution in [3.8, 4) is 22.3 Å². The third kappa shape index (κ3) is 3.31. The summed E-state index contributed by atoms with van der Waals surface area (Å²) in [5.41, 5.74) is 3.99. The lowest BCUT2D eigenvalue weighted by molar-refractivity contribution is 0.0686. The molecule has 4 aromatic rings. The number of nitrogens with zero attached hydrogens (tertiary/aromatic N) is 2. The molecule has 0 aliphatic rings. The number of pyridine rings is 2. The van der Waals surface area contributed by atoms with Crippen LogP contribution in [0.1, 0.15) is 20.7 Å². The van der Waals surface area contributed by atoms with Gasteiger partial charge < -0.3 is 10.2 Å². The molecule has 2 N–H and O–H groups in total. The molecule has 28 heavy (non-hydrogen) atoms. The van der Waals surface area contributed by atoms with Crippen LogP contribution in [0.2, 0.25) is 0 Å². The summed E-state index contributed by atoms with van der Waals surface area (Å²) < 4.78 is 0. The van der Waals surface area contributed by atoms with Crippen LogP contribution in [0.5, 0.6) is 0 Å². The first-order valence-corrected chi connectivity index (χ1v) is 8.44. The second kappa shape index (κ2) is 6.92. The van der Waals surface area contributed by atoms with E-state index in [0.29, 0.717) is 5.65 Å². The number of carboxylic acids is 2. The van der Waals surface area contributed by atoms with Gasteiger partial charge in [0.1, 0.15) is 0 Å². The normalized spacial score (nSPS) is 10.7. The van der Waals surface area contributed by atoms with Gasteiger partial charge in [-0.15, -0.1) is 0 Å². The van der Waals surface area contributed by atoms with Crippen molar-refractivity contribution in [2.75, 3.05) is 0 Å². The predicted octanol–water partition coefficient (Wildman–Crippen LogP) is 4.36. The lowest BCUT2D eigenvalue weighted by Crippen LogP contribution is -1.96. The fourth-order valence-electron chi connectivity index (χ4n) is 3.00. The molecular formula is C22H14N2O4. The van der Waals surface area contributed by atoms with Crippen molar-refractivity contribution in [1.29, 1.82) is 0 Å². The standard InChI is InChI=1S/C22H14N2O4/c25-21(26)15-5-1-3-13(7-15)18-9-17-10-19(12-24-20(17)23-11-18)14-4-2-6-16(8-14)22(27)28/h1-12H,(H,25,26)(H,27,28). The van der Waals surface area contributed by atoms with Gasteiger partial charge in [-0.2, -0.15) is 0 Å². The molecule has 2 aromatic carbocycles. The number of aromatic nitrogens is 2. The molecule has 0 bridgehead atoms. The Morgan fingerprint density at radius 3 is 1.54 bits per heavy atom. The molecule has 0 spiro atoms. The number of rotatable bonds is 4. The van der Waals surface area contributed by atoms with Crippen LogP contribution < -0.4 is 0 Å². The maximum absolute atomic E-state index is 11.2. The molecule has 0 fully saturated rings. The molecule has 0 saturated heterocycles. The molecule has 6 heteroatoms. The van der Waals surface area contributed by atoms with Gasteiger partial charge in [0.05, 0.1) is 11.1 Å². The zero-order chi connectivity index (χ0) is 19.7. The van der Waals surface area contributed by atoms with E-state index in [1.165, 1.54) is 12.1 Å². The summed E-state index contributed by atoms with van der Waals surface area (Å²) in [6.45, 7) is 0. The first-order valence-electron chi connectivity index (χ1n) is 8.44. The zero-order valence-electron chi connectivity index (χ0n) is 14.5. The highest BCUT2D eigenvalue weighted by molar-refractivity contribution is 5.91. The molecular weight excluding hydrogens is 356 g/mol. The molecule has 2 heterocycles. The van der Waals surface area contributed by atoms with Gasteiger partial charge in [-0.3, -0.25) is 0 Å². The largest absolute Gasteiger partial charge is 0.478 e. The van der Waals surface area contributed by atoms with Gasteiger partial charge in [-0.1, -0.05) is 24.3 Å². The highest BCUT2D eigenvalue weighted by Crippen LogP contribution is 2.27. The van der Waals surface area contributed by atoms with Crippen LogP contribution in [0, 0.1) is 0 Å². The molecule has 0 atom stereocenters. The van der Waals surface area contributed by atoms with Crippen molar-refractivity contribution >= 4 is 23.0 Å². The Labute approximate surface area is 159 Å². The van der Waals surface area contributed by atoms with Crippen LogP contribution in [-0.4, -0.2) is 32.1 Å². The Morgan fingerprint density at radius 1 is 0.643 bits per heavy atom. The summed E-state index contributed by atoms with van der Waals surface area (Å²) in [4.78, 5) is 31.1. The number of aromatic carboxylic acids is 2. The van der Waals surface area contributed by atoms with Crippen LogP contribution in [0.3, 0.4) is 0 Å². The number of carboxylic acid groups (broad SMARTS) is 2. The fourth-order valence-corrected chi connectivity index (χ4v) is 3.00. The van der Waals surface area contributed by atoms with E-state index in [-0.39, 0.29) is 11.1 Å². The van der Waals surface area contributed by atoms with Crippen LogP contribution in [0.25, 0.3) is 33.3 Å². The average molecular weight is 370 g/mol. The summed E-state index contributed by atoms with van der Waals surface area (Å²) in [7, 11) is 0. The minimum atomic E-state index is -0.988. The summed E-state index contributed by atoms with van der Waals surface area (Å²) in [5.74, 6) is -1.98. The summed E-state index contributed by atoms with van der Waals surface area (Å²) in [5, 5.41) is 19.1. The van der Waals surface area contributed by atoms with Gasteiger partial charge in [0.15, 0.2) is 5.65 Å². The number of carbonyl (C=O) groups is 2.